The van der Waals surface area contributed by atoms with Gasteiger partial charge in [0.25, 0.3) is 0 Å². The lowest BCUT2D eigenvalue weighted by molar-refractivity contribution is -0.138. The van der Waals surface area contributed by atoms with Crippen LogP contribution in [0.3, 0.4) is 0 Å². The molecule has 0 atom stereocenters. The molecule has 0 spiro atoms. The minimum absolute atomic E-state index is 0.0971. The Morgan fingerprint density at radius 1 is 1.50 bits per heavy atom. The van der Waals surface area contributed by atoms with E-state index < -0.39 is 21.2 Å². The summed E-state index contributed by atoms with van der Waals surface area (Å²) < 4.78 is 23.9. The van der Waals surface area contributed by atoms with Crippen LogP contribution in [-0.4, -0.2) is 45.5 Å². The third-order valence-electron chi connectivity index (χ3n) is 2.91. The molecule has 100 valence electrons. The summed E-state index contributed by atoms with van der Waals surface area (Å²) in [4.78, 5) is 11.9. The molecule has 0 amide bonds. The predicted octanol–water partition coefficient (Wildman–Crippen LogP) is -0.620. The van der Waals surface area contributed by atoms with Gasteiger partial charge in [0.05, 0.1) is 19.2 Å². The molecule has 1 aromatic heterocycles. The minimum atomic E-state index is -3.40. The molecule has 0 unspecified atom stereocenters. The van der Waals surface area contributed by atoms with Crippen LogP contribution < -0.4 is 0 Å². The van der Waals surface area contributed by atoms with Gasteiger partial charge in [-0.15, -0.1) is 10.2 Å². The normalized spacial score (nSPS) is 17.6. The van der Waals surface area contributed by atoms with Crippen molar-refractivity contribution in [1.29, 1.82) is 0 Å². The number of aryl methyl sites for hydroxylation is 1. The summed E-state index contributed by atoms with van der Waals surface area (Å²) in [6.45, 7) is 0. The van der Waals surface area contributed by atoms with Gasteiger partial charge in [-0.2, -0.15) is 4.80 Å². The first kappa shape index (κ1) is 12.9. The van der Waals surface area contributed by atoms with Crippen molar-refractivity contribution < 1.29 is 18.3 Å². The fourth-order valence-corrected chi connectivity index (χ4v) is 3.90. The third kappa shape index (κ3) is 3.25. The van der Waals surface area contributed by atoms with Crippen LogP contribution in [0.2, 0.25) is 0 Å². The highest BCUT2D eigenvalue weighted by Crippen LogP contribution is 2.50. The molecule has 0 bridgehead atoms. The highest BCUT2D eigenvalue weighted by Gasteiger charge is 2.47. The van der Waals surface area contributed by atoms with Gasteiger partial charge in [0.2, 0.25) is 0 Å². The number of sulfone groups is 1. The van der Waals surface area contributed by atoms with Crippen LogP contribution in [0.15, 0.2) is 0 Å². The Bertz CT molecular complexity index is 561. The number of aromatic nitrogens is 4. The first-order valence-corrected chi connectivity index (χ1v) is 7.28. The van der Waals surface area contributed by atoms with Gasteiger partial charge in [-0.05, 0) is 23.5 Å². The molecule has 0 aromatic carbocycles. The van der Waals surface area contributed by atoms with Crippen LogP contribution in [0, 0.1) is 5.41 Å². The standard InChI is InChI=1S/C9H14N4O4S/c1-13-11-7(10-12-13)5-18(16,17)6-9(2-3-9)4-8(14)15/h2-6H2,1H3,(H,14,15). The Labute approximate surface area is 104 Å². The summed E-state index contributed by atoms with van der Waals surface area (Å²) in [5, 5.41) is 19.7. The van der Waals surface area contributed by atoms with E-state index in [9.17, 15) is 13.2 Å². The number of nitrogens with zero attached hydrogens (tertiary/aromatic N) is 4. The van der Waals surface area contributed by atoms with Crippen molar-refractivity contribution in [2.45, 2.75) is 25.0 Å². The van der Waals surface area contributed by atoms with Gasteiger partial charge < -0.3 is 5.11 Å². The molecule has 18 heavy (non-hydrogen) atoms. The second-order valence-electron chi connectivity index (χ2n) is 4.80. The lowest BCUT2D eigenvalue weighted by atomic mass is 10.1. The van der Waals surface area contributed by atoms with Crippen molar-refractivity contribution in [3.63, 3.8) is 0 Å². The molecule has 1 N–H and O–H groups in total. The molecule has 0 saturated heterocycles. The number of carboxylic acid groups (broad SMARTS) is 1. The van der Waals surface area contributed by atoms with Crippen LogP contribution in [-0.2, 0) is 27.4 Å². The first-order valence-electron chi connectivity index (χ1n) is 5.45. The zero-order valence-corrected chi connectivity index (χ0v) is 10.7. The molecular weight excluding hydrogens is 260 g/mol. The molecule has 9 heteroatoms. The number of tetrazole rings is 1. The monoisotopic (exact) mass is 274 g/mol. The molecule has 1 aliphatic rings. The lowest BCUT2D eigenvalue weighted by Gasteiger charge is -2.11. The molecule has 1 heterocycles. The summed E-state index contributed by atoms with van der Waals surface area (Å²) in [5.41, 5.74) is -0.577. The maximum absolute atomic E-state index is 11.9. The van der Waals surface area contributed by atoms with Gasteiger partial charge in [-0.1, -0.05) is 0 Å². The van der Waals surface area contributed by atoms with Crippen LogP contribution in [0.4, 0.5) is 0 Å². The van der Waals surface area contributed by atoms with Crippen molar-refractivity contribution in [2.75, 3.05) is 5.75 Å². The van der Waals surface area contributed by atoms with Crippen LogP contribution >= 0.6 is 0 Å². The van der Waals surface area contributed by atoms with Crippen LogP contribution in [0.5, 0.6) is 0 Å². The second-order valence-corrected chi connectivity index (χ2v) is 6.86. The van der Waals surface area contributed by atoms with Crippen molar-refractivity contribution in [1.82, 2.24) is 20.2 Å². The number of aliphatic carboxylic acids is 1. The van der Waals surface area contributed by atoms with Gasteiger partial charge in [0.15, 0.2) is 15.7 Å². The number of hydrogen-bond donors (Lipinski definition) is 1. The minimum Gasteiger partial charge on any atom is -0.481 e. The quantitative estimate of drug-likeness (QED) is 0.735. The third-order valence-corrected chi connectivity index (χ3v) is 4.66. The molecular formula is C9H14N4O4S. The lowest BCUT2D eigenvalue weighted by Crippen LogP contribution is -2.22. The summed E-state index contributed by atoms with van der Waals surface area (Å²) >= 11 is 0. The number of rotatable bonds is 6. The van der Waals surface area contributed by atoms with Crippen molar-refractivity contribution >= 4 is 15.8 Å². The van der Waals surface area contributed by atoms with E-state index in [1.54, 1.807) is 7.05 Å². The van der Waals surface area contributed by atoms with E-state index in [-0.39, 0.29) is 23.8 Å². The molecule has 1 aliphatic carbocycles. The fraction of sp³-hybridized carbons (Fsp3) is 0.778. The molecule has 1 fully saturated rings. The van der Waals surface area contributed by atoms with E-state index in [0.717, 1.165) is 0 Å². The molecule has 8 nitrogen and oxygen atoms in total. The maximum Gasteiger partial charge on any atom is 0.303 e. The zero-order valence-electron chi connectivity index (χ0n) is 9.90. The largest absolute Gasteiger partial charge is 0.481 e. The highest BCUT2D eigenvalue weighted by atomic mass is 32.2. The van der Waals surface area contributed by atoms with E-state index in [2.05, 4.69) is 15.4 Å². The van der Waals surface area contributed by atoms with Crippen molar-refractivity contribution in [3.8, 4) is 0 Å². The Kier molecular flexibility index (Phi) is 3.09. The Morgan fingerprint density at radius 2 is 2.17 bits per heavy atom. The summed E-state index contributed by atoms with van der Waals surface area (Å²) in [5.74, 6) is -1.23. The Morgan fingerprint density at radius 3 is 2.61 bits per heavy atom. The second kappa shape index (κ2) is 4.30. The summed E-state index contributed by atoms with van der Waals surface area (Å²) in [6.07, 6.45) is 1.19. The zero-order chi connectivity index (χ0) is 13.4. The number of hydrogen-bond acceptors (Lipinski definition) is 6. The maximum atomic E-state index is 11.9. The topological polar surface area (TPSA) is 115 Å². The average Bonchev–Trinajstić information content (AvgIpc) is 2.78. The SMILES string of the molecule is Cn1nnc(CS(=O)(=O)CC2(CC(=O)O)CC2)n1. The van der Waals surface area contributed by atoms with Gasteiger partial charge in [-0.3, -0.25) is 4.79 Å². The van der Waals surface area contributed by atoms with Gasteiger partial charge in [0, 0.05) is 0 Å². The van der Waals surface area contributed by atoms with Crippen LogP contribution in [0.1, 0.15) is 25.1 Å². The van der Waals surface area contributed by atoms with Crippen LogP contribution in [0.25, 0.3) is 0 Å². The predicted molar refractivity (Wildman–Crippen MR) is 60.2 cm³/mol. The Balaban J connectivity index is 2.02. The van der Waals surface area contributed by atoms with E-state index in [1.165, 1.54) is 4.80 Å². The van der Waals surface area contributed by atoms with Crippen molar-refractivity contribution in [3.05, 3.63) is 5.82 Å². The molecule has 0 radical (unpaired) electrons. The molecule has 1 aromatic rings. The highest BCUT2D eigenvalue weighted by molar-refractivity contribution is 7.90. The van der Waals surface area contributed by atoms with Gasteiger partial charge >= 0.3 is 5.97 Å². The van der Waals surface area contributed by atoms with E-state index in [1.807, 2.05) is 0 Å². The summed E-state index contributed by atoms with van der Waals surface area (Å²) in [6, 6.07) is 0. The fourth-order valence-electron chi connectivity index (χ4n) is 1.97. The van der Waals surface area contributed by atoms with Gasteiger partial charge in [0.1, 0.15) is 5.75 Å². The average molecular weight is 274 g/mol. The summed E-state index contributed by atoms with van der Waals surface area (Å²) in [7, 11) is -1.85. The molecule has 1 saturated carbocycles. The molecule has 2 rings (SSSR count). The Hall–Kier alpha value is -1.51. The smallest absolute Gasteiger partial charge is 0.303 e. The number of carbonyl (C=O) groups is 1. The van der Waals surface area contributed by atoms with E-state index >= 15 is 0 Å². The first-order chi connectivity index (χ1) is 8.30. The van der Waals surface area contributed by atoms with E-state index in [0.29, 0.717) is 12.8 Å². The van der Waals surface area contributed by atoms with Crippen molar-refractivity contribution in [2.24, 2.45) is 12.5 Å². The number of carboxylic acids is 1. The van der Waals surface area contributed by atoms with E-state index in [4.69, 9.17) is 5.11 Å². The molecule has 0 aliphatic heterocycles. The van der Waals surface area contributed by atoms with Gasteiger partial charge in [-0.25, -0.2) is 8.42 Å².